The number of aromatic nitrogens is 1. The molecule has 0 aliphatic carbocycles. The second kappa shape index (κ2) is 10.4. The Bertz CT molecular complexity index is 942. The summed E-state index contributed by atoms with van der Waals surface area (Å²) in [6, 6.07) is 17.1. The maximum Gasteiger partial charge on any atom is 0.252 e. The number of nitrogens with one attached hydrogen (secondary N) is 2. The molecule has 0 fully saturated rings. The molecular weight excluding hydrogens is 366 g/mol. The van der Waals surface area contributed by atoms with Crippen LogP contribution in [0.2, 0.25) is 0 Å². The Kier molecular flexibility index (Phi) is 7.41. The molecular formula is C23H27N3O3. The van der Waals surface area contributed by atoms with Crippen LogP contribution in [0.1, 0.15) is 30.6 Å². The number of amides is 1. The third-order valence-corrected chi connectivity index (χ3v) is 4.35. The highest BCUT2D eigenvalue weighted by Gasteiger charge is 2.13. The van der Waals surface area contributed by atoms with E-state index in [1.807, 2.05) is 62.4 Å². The Hall–Kier alpha value is -3.12. The molecule has 0 aliphatic heterocycles. The largest absolute Gasteiger partial charge is 0.494 e. The molecule has 0 radical (unpaired) electrons. The van der Waals surface area contributed by atoms with Crippen LogP contribution in [0, 0.1) is 0 Å². The van der Waals surface area contributed by atoms with Crippen molar-refractivity contribution in [3.63, 3.8) is 0 Å². The average Bonchev–Trinajstić information content (AvgIpc) is 2.74. The molecule has 0 aliphatic rings. The molecule has 6 heteroatoms. The fraction of sp³-hybridized carbons (Fsp3) is 0.304. The third kappa shape index (κ3) is 5.68. The normalized spacial score (nSPS) is 10.7. The summed E-state index contributed by atoms with van der Waals surface area (Å²) in [4.78, 5) is 17.4. The van der Waals surface area contributed by atoms with Crippen molar-refractivity contribution in [3.05, 3.63) is 60.2 Å². The van der Waals surface area contributed by atoms with Gasteiger partial charge in [0.25, 0.3) is 5.91 Å². The number of fused-ring (bicyclic) bond motifs is 1. The van der Waals surface area contributed by atoms with E-state index in [1.54, 1.807) is 6.07 Å². The topological polar surface area (TPSA) is 72.5 Å². The van der Waals surface area contributed by atoms with Crippen LogP contribution in [-0.4, -0.2) is 37.3 Å². The number of hydrogen-bond acceptors (Lipinski definition) is 5. The molecule has 3 aromatic rings. The van der Waals surface area contributed by atoms with Crippen molar-refractivity contribution in [1.82, 2.24) is 10.3 Å². The number of carbonyl (C=O) groups is 1. The van der Waals surface area contributed by atoms with Crippen molar-refractivity contribution < 1.29 is 14.3 Å². The van der Waals surface area contributed by atoms with Crippen molar-refractivity contribution in [2.45, 2.75) is 20.3 Å². The summed E-state index contributed by atoms with van der Waals surface area (Å²) in [7, 11) is 0. The zero-order chi connectivity index (χ0) is 20.5. The molecule has 29 heavy (non-hydrogen) atoms. The van der Waals surface area contributed by atoms with Crippen LogP contribution < -0.4 is 15.4 Å². The molecule has 152 valence electrons. The maximum atomic E-state index is 12.8. The molecule has 2 N–H and O–H groups in total. The summed E-state index contributed by atoms with van der Waals surface area (Å²) in [6.45, 7) is 6.43. The fourth-order valence-electron chi connectivity index (χ4n) is 2.99. The van der Waals surface area contributed by atoms with Crippen LogP contribution >= 0.6 is 0 Å². The first-order valence-electron chi connectivity index (χ1n) is 9.97. The van der Waals surface area contributed by atoms with E-state index in [0.29, 0.717) is 37.7 Å². The van der Waals surface area contributed by atoms with Crippen LogP contribution in [0.4, 0.5) is 11.5 Å². The number of rotatable bonds is 10. The molecule has 2 aromatic carbocycles. The van der Waals surface area contributed by atoms with Gasteiger partial charge in [-0.1, -0.05) is 18.2 Å². The minimum Gasteiger partial charge on any atom is -0.494 e. The van der Waals surface area contributed by atoms with Gasteiger partial charge in [0.1, 0.15) is 11.6 Å². The van der Waals surface area contributed by atoms with Gasteiger partial charge in [-0.2, -0.15) is 0 Å². The average molecular weight is 393 g/mol. The molecule has 1 amide bonds. The smallest absolute Gasteiger partial charge is 0.252 e. The third-order valence-electron chi connectivity index (χ3n) is 4.35. The molecule has 0 bridgehead atoms. The van der Waals surface area contributed by atoms with E-state index >= 15 is 0 Å². The zero-order valence-corrected chi connectivity index (χ0v) is 16.9. The van der Waals surface area contributed by atoms with E-state index in [2.05, 4.69) is 15.6 Å². The highest BCUT2D eigenvalue weighted by molar-refractivity contribution is 6.07. The standard InChI is InChI=1S/C23H27N3O3/c1-3-28-15-7-14-24-23(27)20-16-22(26-21-9-6-5-8-19(20)21)25-17-10-12-18(13-11-17)29-4-2/h5-6,8-13,16H,3-4,7,14-15H2,1-2H3,(H,24,27)(H,25,26). The van der Waals surface area contributed by atoms with E-state index in [9.17, 15) is 4.79 Å². The molecule has 0 saturated carbocycles. The number of pyridine rings is 1. The fourth-order valence-corrected chi connectivity index (χ4v) is 2.99. The van der Waals surface area contributed by atoms with Crippen molar-refractivity contribution in [3.8, 4) is 5.75 Å². The SMILES string of the molecule is CCOCCCNC(=O)c1cc(Nc2ccc(OCC)cc2)nc2ccccc12. The lowest BCUT2D eigenvalue weighted by atomic mass is 10.1. The van der Waals surface area contributed by atoms with Crippen molar-refractivity contribution in [1.29, 1.82) is 0 Å². The number of anilines is 2. The molecule has 1 aromatic heterocycles. The number of carbonyl (C=O) groups excluding carboxylic acids is 1. The van der Waals surface area contributed by atoms with Crippen molar-refractivity contribution >= 4 is 28.3 Å². The van der Waals surface area contributed by atoms with Gasteiger partial charge in [-0.3, -0.25) is 4.79 Å². The van der Waals surface area contributed by atoms with Crippen LogP contribution in [0.25, 0.3) is 10.9 Å². The van der Waals surface area contributed by atoms with Gasteiger partial charge in [-0.25, -0.2) is 4.98 Å². The Labute approximate surface area is 171 Å². The molecule has 3 rings (SSSR count). The summed E-state index contributed by atoms with van der Waals surface area (Å²) >= 11 is 0. The molecule has 0 saturated heterocycles. The van der Waals surface area contributed by atoms with Crippen LogP contribution in [0.15, 0.2) is 54.6 Å². The van der Waals surface area contributed by atoms with E-state index in [-0.39, 0.29) is 5.91 Å². The first kappa shape index (κ1) is 20.6. The van der Waals surface area contributed by atoms with E-state index in [1.165, 1.54) is 0 Å². The van der Waals surface area contributed by atoms with Gasteiger partial charge in [-0.15, -0.1) is 0 Å². The number of nitrogens with zero attached hydrogens (tertiary/aromatic N) is 1. The molecule has 0 unspecified atom stereocenters. The van der Waals surface area contributed by atoms with Gasteiger partial charge in [0.05, 0.1) is 17.7 Å². The monoisotopic (exact) mass is 393 g/mol. The summed E-state index contributed by atoms with van der Waals surface area (Å²) in [5.74, 6) is 1.32. The van der Waals surface area contributed by atoms with Crippen molar-refractivity contribution in [2.75, 3.05) is 31.7 Å². The van der Waals surface area contributed by atoms with Gasteiger partial charge in [0, 0.05) is 30.8 Å². The predicted octanol–water partition coefficient (Wildman–Crippen LogP) is 4.53. The van der Waals surface area contributed by atoms with Gasteiger partial charge in [-0.05, 0) is 56.7 Å². The van der Waals surface area contributed by atoms with E-state index < -0.39 is 0 Å². The van der Waals surface area contributed by atoms with Gasteiger partial charge in [0.15, 0.2) is 0 Å². The van der Waals surface area contributed by atoms with Gasteiger partial charge < -0.3 is 20.1 Å². The summed E-state index contributed by atoms with van der Waals surface area (Å²) in [5.41, 5.74) is 2.24. The highest BCUT2D eigenvalue weighted by Crippen LogP contribution is 2.24. The maximum absolute atomic E-state index is 12.8. The van der Waals surface area contributed by atoms with Crippen molar-refractivity contribution in [2.24, 2.45) is 0 Å². The minimum absolute atomic E-state index is 0.116. The summed E-state index contributed by atoms with van der Waals surface area (Å²) < 4.78 is 10.8. The first-order valence-corrected chi connectivity index (χ1v) is 9.97. The van der Waals surface area contributed by atoms with E-state index in [0.717, 1.165) is 28.8 Å². The number of para-hydroxylation sites is 1. The number of ether oxygens (including phenoxy) is 2. The Morgan fingerprint density at radius 1 is 1.03 bits per heavy atom. The van der Waals surface area contributed by atoms with Gasteiger partial charge >= 0.3 is 0 Å². The second-order valence-corrected chi connectivity index (χ2v) is 6.46. The quantitative estimate of drug-likeness (QED) is 0.495. The lowest BCUT2D eigenvalue weighted by Crippen LogP contribution is -2.25. The van der Waals surface area contributed by atoms with Crippen LogP contribution in [0.5, 0.6) is 5.75 Å². The zero-order valence-electron chi connectivity index (χ0n) is 16.9. The summed E-state index contributed by atoms with van der Waals surface area (Å²) in [6.07, 6.45) is 0.778. The highest BCUT2D eigenvalue weighted by atomic mass is 16.5. The number of hydrogen-bond donors (Lipinski definition) is 2. The Morgan fingerprint density at radius 2 is 1.83 bits per heavy atom. The summed E-state index contributed by atoms with van der Waals surface area (Å²) in [5, 5.41) is 7.08. The Balaban J connectivity index is 1.79. The first-order chi connectivity index (χ1) is 14.2. The van der Waals surface area contributed by atoms with Gasteiger partial charge in [0.2, 0.25) is 0 Å². The second-order valence-electron chi connectivity index (χ2n) is 6.46. The Morgan fingerprint density at radius 3 is 2.59 bits per heavy atom. The number of benzene rings is 2. The minimum atomic E-state index is -0.116. The molecule has 1 heterocycles. The molecule has 0 atom stereocenters. The predicted molar refractivity (Wildman–Crippen MR) is 116 cm³/mol. The lowest BCUT2D eigenvalue weighted by Gasteiger charge is -2.12. The lowest BCUT2D eigenvalue weighted by molar-refractivity contribution is 0.0946. The van der Waals surface area contributed by atoms with E-state index in [4.69, 9.17) is 9.47 Å². The molecule has 6 nitrogen and oxygen atoms in total. The van der Waals surface area contributed by atoms with Crippen LogP contribution in [0.3, 0.4) is 0 Å². The molecule has 0 spiro atoms. The van der Waals surface area contributed by atoms with Crippen LogP contribution in [-0.2, 0) is 4.74 Å².